The summed E-state index contributed by atoms with van der Waals surface area (Å²) < 4.78 is 10.2. The van der Waals surface area contributed by atoms with E-state index in [4.69, 9.17) is 32.4 Å². The van der Waals surface area contributed by atoms with E-state index in [1.807, 2.05) is 24.3 Å². The van der Waals surface area contributed by atoms with Crippen LogP contribution in [0.1, 0.15) is 15.9 Å². The Hall–Kier alpha value is -2.76. The minimum Gasteiger partial charge on any atom is -0.496 e. The molecule has 7 heteroatoms. The lowest BCUT2D eigenvalue weighted by molar-refractivity contribution is 0.0982. The Morgan fingerprint density at radius 3 is 2.41 bits per heavy atom. The third-order valence-electron chi connectivity index (χ3n) is 3.87. The molecule has 0 bridgehead atoms. The van der Waals surface area contributed by atoms with Gasteiger partial charge in [0.1, 0.15) is 12.0 Å². The van der Waals surface area contributed by atoms with Crippen LogP contribution in [0.3, 0.4) is 0 Å². The number of amides is 1. The first-order valence-electron chi connectivity index (χ1n) is 7.96. The van der Waals surface area contributed by atoms with Crippen molar-refractivity contribution in [1.29, 1.82) is 0 Å². The van der Waals surface area contributed by atoms with Gasteiger partial charge in [0.25, 0.3) is 5.91 Å². The summed E-state index contributed by atoms with van der Waals surface area (Å²) in [5, 5.41) is 0.796. The predicted molar refractivity (Wildman–Crippen MR) is 105 cm³/mol. The fourth-order valence-electron chi connectivity index (χ4n) is 2.61. The lowest BCUT2D eigenvalue weighted by atomic mass is 10.1. The van der Waals surface area contributed by atoms with Gasteiger partial charge >= 0.3 is 5.63 Å². The Balaban J connectivity index is 2.06. The number of carbonyl (C=O) groups excluding carboxylic acids is 1. The van der Waals surface area contributed by atoms with E-state index in [1.54, 1.807) is 25.3 Å². The van der Waals surface area contributed by atoms with Crippen LogP contribution in [-0.4, -0.2) is 13.0 Å². The molecule has 1 amide bonds. The summed E-state index contributed by atoms with van der Waals surface area (Å²) in [7, 11) is 1.56. The molecule has 0 aliphatic heterocycles. The van der Waals surface area contributed by atoms with Gasteiger partial charge in [-0.05, 0) is 30.3 Å². The number of benzene rings is 2. The van der Waals surface area contributed by atoms with E-state index in [0.29, 0.717) is 21.5 Å². The number of ether oxygens (including phenoxy) is 1. The molecule has 0 radical (unpaired) electrons. The average Bonchev–Trinajstić information content (AvgIpc) is 2.65. The third kappa shape index (κ3) is 4.51. The summed E-state index contributed by atoms with van der Waals surface area (Å²) in [5.41, 5.74) is 0.991. The summed E-state index contributed by atoms with van der Waals surface area (Å²) in [5.74, 6) is 0.269. The molecule has 0 aliphatic carbocycles. The number of anilines is 1. The molecule has 0 aliphatic rings. The molecule has 0 atom stereocenters. The summed E-state index contributed by atoms with van der Waals surface area (Å²) in [6, 6.07) is 14.8. The molecule has 0 spiro atoms. The van der Waals surface area contributed by atoms with Crippen molar-refractivity contribution in [1.82, 2.24) is 0 Å². The van der Waals surface area contributed by atoms with Gasteiger partial charge in [-0.1, -0.05) is 41.4 Å². The molecule has 27 heavy (non-hydrogen) atoms. The number of halogens is 2. The van der Waals surface area contributed by atoms with Gasteiger partial charge in [0.05, 0.1) is 19.2 Å². The molecular weight excluding hydrogens is 389 g/mol. The number of nitrogens with zero attached hydrogens (tertiary/aromatic N) is 1. The molecule has 3 rings (SSSR count). The monoisotopic (exact) mass is 403 g/mol. The van der Waals surface area contributed by atoms with E-state index in [1.165, 1.54) is 17.0 Å². The highest BCUT2D eigenvalue weighted by Gasteiger charge is 2.21. The first-order chi connectivity index (χ1) is 13.0. The van der Waals surface area contributed by atoms with E-state index in [0.717, 1.165) is 11.8 Å². The zero-order chi connectivity index (χ0) is 19.4. The van der Waals surface area contributed by atoms with Gasteiger partial charge in [0.15, 0.2) is 0 Å². The van der Waals surface area contributed by atoms with Crippen molar-refractivity contribution in [2.45, 2.75) is 6.54 Å². The lowest BCUT2D eigenvalue weighted by Gasteiger charge is -2.24. The summed E-state index contributed by atoms with van der Waals surface area (Å²) in [6.45, 7) is 0.207. The Labute approximate surface area is 165 Å². The van der Waals surface area contributed by atoms with Crippen LogP contribution in [0.15, 0.2) is 70.1 Å². The van der Waals surface area contributed by atoms with Crippen molar-refractivity contribution in [3.05, 3.63) is 92.5 Å². The molecule has 0 saturated carbocycles. The van der Waals surface area contributed by atoms with E-state index >= 15 is 0 Å². The molecule has 0 saturated heterocycles. The fourth-order valence-corrected chi connectivity index (χ4v) is 3.13. The minimum atomic E-state index is -0.534. The maximum Gasteiger partial charge on any atom is 0.335 e. The van der Waals surface area contributed by atoms with Crippen molar-refractivity contribution in [3.8, 4) is 5.75 Å². The molecule has 1 aromatic heterocycles. The molecule has 2 aromatic carbocycles. The van der Waals surface area contributed by atoms with E-state index < -0.39 is 5.63 Å². The SMILES string of the molecule is COc1ccccc1CN(C(=O)c1ccc(=O)oc1)c1cc(Cl)cc(Cl)c1. The summed E-state index contributed by atoms with van der Waals surface area (Å²) in [4.78, 5) is 25.8. The van der Waals surface area contributed by atoms with Crippen LogP contribution in [0.25, 0.3) is 0 Å². The number of para-hydroxylation sites is 1. The van der Waals surface area contributed by atoms with Crippen LogP contribution in [0.2, 0.25) is 10.0 Å². The first-order valence-corrected chi connectivity index (χ1v) is 8.72. The fraction of sp³-hybridized carbons (Fsp3) is 0.100. The second kappa shape index (κ2) is 8.29. The largest absolute Gasteiger partial charge is 0.496 e. The number of hydrogen-bond donors (Lipinski definition) is 0. The number of hydrogen-bond acceptors (Lipinski definition) is 4. The van der Waals surface area contributed by atoms with Gasteiger partial charge in [-0.25, -0.2) is 4.79 Å². The molecule has 0 N–H and O–H groups in total. The van der Waals surface area contributed by atoms with Crippen LogP contribution in [0.4, 0.5) is 5.69 Å². The highest BCUT2D eigenvalue weighted by molar-refractivity contribution is 6.35. The Morgan fingerprint density at radius 1 is 1.07 bits per heavy atom. The van der Waals surface area contributed by atoms with Crippen LogP contribution in [0.5, 0.6) is 5.75 Å². The zero-order valence-electron chi connectivity index (χ0n) is 14.3. The first kappa shape index (κ1) is 19.0. The Bertz CT molecular complexity index is 992. The summed E-state index contributed by atoms with van der Waals surface area (Å²) in [6.07, 6.45) is 1.13. The number of rotatable bonds is 5. The third-order valence-corrected chi connectivity index (χ3v) is 4.31. The minimum absolute atomic E-state index is 0.207. The molecular formula is C20H15Cl2NO4. The lowest BCUT2D eigenvalue weighted by Crippen LogP contribution is -2.30. The van der Waals surface area contributed by atoms with Gasteiger partial charge in [0, 0.05) is 27.4 Å². The Morgan fingerprint density at radius 2 is 1.78 bits per heavy atom. The second-order valence-electron chi connectivity index (χ2n) is 5.67. The topological polar surface area (TPSA) is 59.8 Å². The molecule has 0 fully saturated rings. The molecule has 3 aromatic rings. The van der Waals surface area contributed by atoms with Crippen molar-refractivity contribution in [2.24, 2.45) is 0 Å². The van der Waals surface area contributed by atoms with Crippen molar-refractivity contribution < 1.29 is 13.9 Å². The van der Waals surface area contributed by atoms with Gasteiger partial charge in [-0.3, -0.25) is 4.79 Å². The molecule has 0 unspecified atom stereocenters. The van der Waals surface area contributed by atoms with Crippen LogP contribution < -0.4 is 15.3 Å². The predicted octanol–water partition coefficient (Wildman–Crippen LogP) is 4.80. The van der Waals surface area contributed by atoms with Crippen molar-refractivity contribution in [3.63, 3.8) is 0 Å². The smallest absolute Gasteiger partial charge is 0.335 e. The normalized spacial score (nSPS) is 10.5. The highest BCUT2D eigenvalue weighted by Crippen LogP contribution is 2.29. The quantitative estimate of drug-likeness (QED) is 0.613. The van der Waals surface area contributed by atoms with Crippen LogP contribution in [0, 0.1) is 0 Å². The molecule has 5 nitrogen and oxygen atoms in total. The highest BCUT2D eigenvalue weighted by atomic mass is 35.5. The van der Waals surface area contributed by atoms with Gasteiger partial charge in [-0.2, -0.15) is 0 Å². The van der Waals surface area contributed by atoms with Crippen LogP contribution in [-0.2, 0) is 6.54 Å². The van der Waals surface area contributed by atoms with Crippen molar-refractivity contribution in [2.75, 3.05) is 12.0 Å². The summed E-state index contributed by atoms with van der Waals surface area (Å²) >= 11 is 12.2. The van der Waals surface area contributed by atoms with Crippen LogP contribution >= 0.6 is 23.2 Å². The van der Waals surface area contributed by atoms with E-state index in [-0.39, 0.29) is 18.0 Å². The standard InChI is InChI=1S/C20H15Cl2NO4/c1-26-18-5-3-2-4-13(18)11-23(17-9-15(21)8-16(22)10-17)20(25)14-6-7-19(24)27-12-14/h2-10,12H,11H2,1H3. The second-order valence-corrected chi connectivity index (χ2v) is 6.55. The number of methoxy groups -OCH3 is 1. The maximum atomic E-state index is 13.1. The van der Waals surface area contributed by atoms with Gasteiger partial charge in [0.2, 0.25) is 0 Å². The molecule has 1 heterocycles. The zero-order valence-corrected chi connectivity index (χ0v) is 15.8. The van der Waals surface area contributed by atoms with E-state index in [2.05, 4.69) is 0 Å². The maximum absolute atomic E-state index is 13.1. The Kier molecular flexibility index (Phi) is 5.84. The average molecular weight is 404 g/mol. The van der Waals surface area contributed by atoms with Gasteiger partial charge in [-0.15, -0.1) is 0 Å². The van der Waals surface area contributed by atoms with Crippen molar-refractivity contribution >= 4 is 34.8 Å². The molecule has 138 valence electrons. The number of carbonyl (C=O) groups is 1. The van der Waals surface area contributed by atoms with E-state index in [9.17, 15) is 9.59 Å². The van der Waals surface area contributed by atoms with Gasteiger partial charge < -0.3 is 14.1 Å².